The third-order valence-corrected chi connectivity index (χ3v) is 4.46. The normalized spacial score (nSPS) is 15.6. The smallest absolute Gasteiger partial charge is 0.416 e. The van der Waals surface area contributed by atoms with Crippen LogP contribution in [0.3, 0.4) is 0 Å². The van der Waals surface area contributed by atoms with Crippen LogP contribution >= 0.6 is 0 Å². The van der Waals surface area contributed by atoms with Crippen LogP contribution in [0.15, 0.2) is 40.7 Å². The number of hydrogen-bond acceptors (Lipinski definition) is 5. The molecule has 2 rings (SSSR count). The summed E-state index contributed by atoms with van der Waals surface area (Å²) in [5, 5.41) is 2.94. The highest BCUT2D eigenvalue weighted by Gasteiger charge is 2.39. The van der Waals surface area contributed by atoms with Crippen molar-refractivity contribution < 1.29 is 32.2 Å². The molecule has 0 spiro atoms. The zero-order valence-electron chi connectivity index (χ0n) is 15.6. The molecule has 27 heavy (non-hydrogen) atoms. The number of rotatable bonds is 3. The molecule has 0 unspecified atom stereocenters. The van der Waals surface area contributed by atoms with Gasteiger partial charge in [-0.25, -0.2) is 9.59 Å². The average molecular weight is 383 g/mol. The van der Waals surface area contributed by atoms with Gasteiger partial charge in [-0.15, -0.1) is 0 Å². The minimum atomic E-state index is -4.50. The van der Waals surface area contributed by atoms with Gasteiger partial charge < -0.3 is 14.8 Å². The Kier molecular flexibility index (Phi) is 5.67. The number of aryl methyl sites for hydroxylation is 1. The Morgan fingerprint density at radius 1 is 0.963 bits per heavy atom. The van der Waals surface area contributed by atoms with Crippen LogP contribution in [0.1, 0.15) is 36.5 Å². The van der Waals surface area contributed by atoms with Crippen molar-refractivity contribution in [3.05, 3.63) is 57.4 Å². The van der Waals surface area contributed by atoms with Gasteiger partial charge in [-0.3, -0.25) is 0 Å². The molecule has 0 bridgehead atoms. The summed E-state index contributed by atoms with van der Waals surface area (Å²) in [5.41, 5.74) is 0.763. The largest absolute Gasteiger partial charge is 0.466 e. The fraction of sp³-hybridized carbons (Fsp3) is 0.368. The second-order valence-corrected chi connectivity index (χ2v) is 6.19. The fourth-order valence-corrected chi connectivity index (χ4v) is 3.27. The van der Waals surface area contributed by atoms with Gasteiger partial charge in [-0.05, 0) is 38.0 Å². The lowest BCUT2D eigenvalue weighted by molar-refractivity contribution is -0.139. The summed E-state index contributed by atoms with van der Waals surface area (Å²) >= 11 is 0. The highest BCUT2D eigenvalue weighted by atomic mass is 19.4. The molecule has 0 saturated heterocycles. The first-order chi connectivity index (χ1) is 12.5. The van der Waals surface area contributed by atoms with Gasteiger partial charge in [-0.1, -0.05) is 12.1 Å². The lowest BCUT2D eigenvalue weighted by Gasteiger charge is -2.30. The first kappa shape index (κ1) is 20.5. The lowest BCUT2D eigenvalue weighted by Crippen LogP contribution is -2.32. The van der Waals surface area contributed by atoms with Gasteiger partial charge in [0.2, 0.25) is 0 Å². The molecule has 0 saturated carbocycles. The average Bonchev–Trinajstić information content (AvgIpc) is 2.58. The van der Waals surface area contributed by atoms with E-state index in [2.05, 4.69) is 5.32 Å². The summed E-state index contributed by atoms with van der Waals surface area (Å²) in [6.07, 6.45) is -4.50. The Morgan fingerprint density at radius 3 is 1.81 bits per heavy atom. The minimum Gasteiger partial charge on any atom is -0.466 e. The lowest BCUT2D eigenvalue weighted by atomic mass is 9.79. The van der Waals surface area contributed by atoms with Crippen molar-refractivity contribution in [1.29, 1.82) is 0 Å². The predicted octanol–water partition coefficient (Wildman–Crippen LogP) is 3.59. The number of hydrogen-bond donors (Lipinski definition) is 1. The highest BCUT2D eigenvalue weighted by molar-refractivity contribution is 5.99. The van der Waals surface area contributed by atoms with Crippen molar-refractivity contribution in [2.75, 3.05) is 14.2 Å². The maximum absolute atomic E-state index is 13.1. The van der Waals surface area contributed by atoms with E-state index in [-0.39, 0.29) is 16.7 Å². The van der Waals surface area contributed by atoms with Crippen LogP contribution in [0.5, 0.6) is 0 Å². The standard InChI is InChI=1S/C19H20F3NO4/c1-9-8-12(6-7-13(9)19(20,21)22)16-14(17(24)26-4)10(2)23-11(3)15(16)18(25)27-5/h6-8,16,23H,1-5H3. The number of allylic oxidation sites excluding steroid dienone is 2. The van der Waals surface area contributed by atoms with Crippen LogP contribution in [0.4, 0.5) is 13.2 Å². The van der Waals surface area contributed by atoms with Crippen LogP contribution in [-0.2, 0) is 25.2 Å². The number of ether oxygens (including phenoxy) is 2. The Bertz CT molecular complexity index is 815. The van der Waals surface area contributed by atoms with E-state index in [0.717, 1.165) is 6.07 Å². The molecule has 0 radical (unpaired) electrons. The third kappa shape index (κ3) is 3.84. The summed E-state index contributed by atoms with van der Waals surface area (Å²) < 4.78 is 48.9. The molecule has 8 heteroatoms. The Hall–Kier alpha value is -2.77. The summed E-state index contributed by atoms with van der Waals surface area (Å²) in [4.78, 5) is 24.7. The van der Waals surface area contributed by atoms with E-state index < -0.39 is 29.6 Å². The maximum Gasteiger partial charge on any atom is 0.416 e. The summed E-state index contributed by atoms with van der Waals surface area (Å²) in [6.45, 7) is 4.59. The quantitative estimate of drug-likeness (QED) is 0.808. The van der Waals surface area contributed by atoms with Gasteiger partial charge in [-0.2, -0.15) is 13.2 Å². The van der Waals surface area contributed by atoms with Gasteiger partial charge in [0.25, 0.3) is 0 Å². The minimum absolute atomic E-state index is 0.0118. The molecular formula is C19H20F3NO4. The number of dihydropyridines is 1. The van der Waals surface area contributed by atoms with Gasteiger partial charge in [0.05, 0.1) is 36.8 Å². The molecule has 0 aliphatic carbocycles. The van der Waals surface area contributed by atoms with E-state index in [9.17, 15) is 22.8 Å². The zero-order valence-corrected chi connectivity index (χ0v) is 15.6. The van der Waals surface area contributed by atoms with Crippen molar-refractivity contribution >= 4 is 11.9 Å². The van der Waals surface area contributed by atoms with E-state index in [1.54, 1.807) is 13.8 Å². The first-order valence-corrected chi connectivity index (χ1v) is 8.05. The number of benzene rings is 1. The highest BCUT2D eigenvalue weighted by Crippen LogP contribution is 2.41. The summed E-state index contributed by atoms with van der Waals surface area (Å²) in [7, 11) is 2.39. The van der Waals surface area contributed by atoms with E-state index in [1.165, 1.54) is 33.3 Å². The maximum atomic E-state index is 13.1. The molecule has 146 valence electrons. The number of carbonyl (C=O) groups is 2. The third-order valence-electron chi connectivity index (χ3n) is 4.46. The van der Waals surface area contributed by atoms with Crippen molar-refractivity contribution in [3.63, 3.8) is 0 Å². The molecule has 1 aromatic rings. The Labute approximate surface area is 154 Å². The van der Waals surface area contributed by atoms with Crippen LogP contribution < -0.4 is 5.32 Å². The van der Waals surface area contributed by atoms with Gasteiger partial charge in [0.1, 0.15) is 0 Å². The van der Waals surface area contributed by atoms with E-state index in [1.807, 2.05) is 0 Å². The molecule has 1 aliphatic rings. The van der Waals surface area contributed by atoms with Gasteiger partial charge >= 0.3 is 18.1 Å². The molecule has 1 heterocycles. The number of alkyl halides is 3. The van der Waals surface area contributed by atoms with Crippen molar-refractivity contribution in [2.45, 2.75) is 32.9 Å². The topological polar surface area (TPSA) is 64.6 Å². The second kappa shape index (κ2) is 7.46. The van der Waals surface area contributed by atoms with E-state index in [0.29, 0.717) is 17.0 Å². The molecular weight excluding hydrogens is 363 g/mol. The molecule has 1 aliphatic heterocycles. The van der Waals surface area contributed by atoms with Crippen molar-refractivity contribution in [1.82, 2.24) is 5.32 Å². The number of carbonyl (C=O) groups excluding carboxylic acids is 2. The van der Waals surface area contributed by atoms with Crippen LogP contribution in [-0.4, -0.2) is 26.2 Å². The number of halogens is 3. The Balaban J connectivity index is 2.72. The van der Waals surface area contributed by atoms with Crippen molar-refractivity contribution in [2.24, 2.45) is 0 Å². The molecule has 0 amide bonds. The monoisotopic (exact) mass is 383 g/mol. The van der Waals surface area contributed by atoms with E-state index >= 15 is 0 Å². The SMILES string of the molecule is COC(=O)C1=C(C)NC(C)=C(C(=O)OC)C1c1ccc(C(F)(F)F)c(C)c1. The number of methoxy groups -OCH3 is 2. The predicted molar refractivity (Wildman–Crippen MR) is 91.5 cm³/mol. The number of nitrogens with one attached hydrogen (secondary N) is 1. The Morgan fingerprint density at radius 2 is 1.44 bits per heavy atom. The van der Waals surface area contributed by atoms with Gasteiger partial charge in [0.15, 0.2) is 0 Å². The molecule has 0 atom stereocenters. The molecule has 0 aromatic heterocycles. The van der Waals surface area contributed by atoms with E-state index in [4.69, 9.17) is 9.47 Å². The molecule has 1 aromatic carbocycles. The van der Waals surface area contributed by atoms with Gasteiger partial charge in [0, 0.05) is 11.4 Å². The molecule has 0 fully saturated rings. The summed E-state index contributed by atoms with van der Waals surface area (Å²) in [6, 6.07) is 3.53. The zero-order chi connectivity index (χ0) is 20.5. The van der Waals surface area contributed by atoms with Crippen LogP contribution in [0.25, 0.3) is 0 Å². The van der Waals surface area contributed by atoms with Crippen LogP contribution in [0, 0.1) is 6.92 Å². The first-order valence-electron chi connectivity index (χ1n) is 8.05. The fourth-order valence-electron chi connectivity index (χ4n) is 3.27. The number of esters is 2. The molecule has 5 nitrogen and oxygen atoms in total. The summed E-state index contributed by atoms with van der Waals surface area (Å²) in [5.74, 6) is -2.28. The van der Waals surface area contributed by atoms with Crippen LogP contribution in [0.2, 0.25) is 0 Å². The molecule has 1 N–H and O–H groups in total. The second-order valence-electron chi connectivity index (χ2n) is 6.19. The van der Waals surface area contributed by atoms with Crippen molar-refractivity contribution in [3.8, 4) is 0 Å².